The molecule has 0 saturated heterocycles. The number of benzene rings is 1. The van der Waals surface area contributed by atoms with Gasteiger partial charge in [0.05, 0.1) is 0 Å². The lowest BCUT2D eigenvalue weighted by Crippen LogP contribution is -2.10. The second-order valence-corrected chi connectivity index (χ2v) is 6.37. The van der Waals surface area contributed by atoms with Crippen molar-refractivity contribution in [1.29, 1.82) is 0 Å². The third kappa shape index (κ3) is 2.56. The van der Waals surface area contributed by atoms with Gasteiger partial charge in [-0.05, 0) is 11.8 Å². The molecule has 96 valence electrons. The predicted molar refractivity (Wildman–Crippen MR) is 74.3 cm³/mol. The van der Waals surface area contributed by atoms with Crippen LogP contribution in [-0.4, -0.2) is 4.51 Å². The maximum absolute atomic E-state index is 14.2. The molecule has 0 aliphatic carbocycles. The molecule has 17 heavy (non-hydrogen) atoms. The Morgan fingerprint density at radius 3 is 1.59 bits per heavy atom. The van der Waals surface area contributed by atoms with Crippen LogP contribution >= 0.6 is 20.7 Å². The third-order valence-electron chi connectivity index (χ3n) is 2.62. The topological polar surface area (TPSA) is 0 Å². The van der Waals surface area contributed by atoms with Crippen molar-refractivity contribution >= 4 is 25.2 Å². The molecule has 4 heteroatoms. The van der Waals surface area contributed by atoms with Crippen LogP contribution in [0.5, 0.6) is 0 Å². The molecule has 0 heterocycles. The molecular formula is C13H16F3I. The fourth-order valence-electron chi connectivity index (χ4n) is 1.81. The van der Waals surface area contributed by atoms with E-state index < -0.39 is 38.2 Å². The normalized spacial score (nSPS) is 11.6. The lowest BCUT2D eigenvalue weighted by Gasteiger charge is -2.17. The first kappa shape index (κ1) is 14.7. The smallest absolute Gasteiger partial charge is 0.165 e. The van der Waals surface area contributed by atoms with E-state index in [0.717, 1.165) is 0 Å². The second kappa shape index (κ2) is 5.50. The van der Waals surface area contributed by atoms with Crippen LogP contribution < -0.4 is 0 Å². The maximum atomic E-state index is 14.2. The average Bonchev–Trinajstić information content (AvgIpc) is 2.22. The van der Waals surface area contributed by atoms with Crippen LogP contribution in [0.2, 0.25) is 0 Å². The van der Waals surface area contributed by atoms with E-state index in [-0.39, 0.29) is 23.0 Å². The van der Waals surface area contributed by atoms with Crippen molar-refractivity contribution in [2.75, 3.05) is 0 Å². The Labute approximate surface area is 110 Å². The van der Waals surface area contributed by atoms with E-state index in [9.17, 15) is 13.2 Å². The van der Waals surface area contributed by atoms with Gasteiger partial charge in [0.15, 0.2) is 11.6 Å². The minimum absolute atomic E-state index is 0.148. The van der Waals surface area contributed by atoms with Crippen molar-refractivity contribution in [3.8, 4) is 0 Å². The Morgan fingerprint density at radius 1 is 0.824 bits per heavy atom. The zero-order valence-corrected chi connectivity index (χ0v) is 12.5. The summed E-state index contributed by atoms with van der Waals surface area (Å²) in [5.74, 6) is -3.15. The van der Waals surface area contributed by atoms with Gasteiger partial charge < -0.3 is 0 Å². The number of halogens is 4. The van der Waals surface area contributed by atoms with E-state index >= 15 is 0 Å². The van der Waals surface area contributed by atoms with Crippen LogP contribution in [0.25, 0.3) is 0 Å². The summed E-state index contributed by atoms with van der Waals surface area (Å²) in [6.07, 6.45) is 0. The molecule has 0 atom stereocenters. The fraction of sp³-hybridized carbons (Fsp3) is 0.462. The van der Waals surface area contributed by atoms with Gasteiger partial charge in [0, 0.05) is 14.7 Å². The molecule has 0 bridgehead atoms. The van der Waals surface area contributed by atoms with Crippen molar-refractivity contribution in [1.82, 2.24) is 0 Å². The molecule has 0 aliphatic heterocycles. The molecule has 0 aliphatic rings. The van der Waals surface area contributed by atoms with Gasteiger partial charge in [0.25, 0.3) is 0 Å². The van der Waals surface area contributed by atoms with Crippen molar-refractivity contribution in [2.45, 2.75) is 39.5 Å². The summed E-state index contributed by atoms with van der Waals surface area (Å²) in [5.41, 5.74) is 0.0115. The van der Waals surface area contributed by atoms with E-state index in [1.807, 2.05) is 0 Å². The first-order valence-electron chi connectivity index (χ1n) is 5.41. The van der Waals surface area contributed by atoms with Gasteiger partial charge in [-0.25, -0.2) is 13.2 Å². The Kier molecular flexibility index (Phi) is 4.75. The van der Waals surface area contributed by atoms with Gasteiger partial charge in [-0.1, -0.05) is 52.9 Å². The molecule has 0 nitrogen and oxygen atoms in total. The zero-order valence-electron chi connectivity index (χ0n) is 10.4. The fourth-order valence-corrected chi connectivity index (χ4v) is 3.71. The minimum Gasteiger partial charge on any atom is -0.205 e. The standard InChI is InChI=1S/C13H16F3I/c1-6(2)8-10(14)11(15)9(7(3)4)13(17-5)12(8)16/h6-7H,5H2,1-4H3. The van der Waals surface area contributed by atoms with Gasteiger partial charge in [-0.3, -0.25) is 0 Å². The summed E-state index contributed by atoms with van der Waals surface area (Å²) in [4.78, 5) is 0. The molecule has 0 saturated carbocycles. The van der Waals surface area contributed by atoms with Gasteiger partial charge >= 0.3 is 0 Å². The van der Waals surface area contributed by atoms with Crippen molar-refractivity contribution in [3.63, 3.8) is 0 Å². The van der Waals surface area contributed by atoms with E-state index in [0.29, 0.717) is 3.57 Å². The molecule has 0 radical (unpaired) electrons. The van der Waals surface area contributed by atoms with Crippen LogP contribution in [0.4, 0.5) is 13.2 Å². The molecular weight excluding hydrogens is 340 g/mol. The first-order valence-corrected chi connectivity index (χ1v) is 8.01. The second-order valence-electron chi connectivity index (χ2n) is 4.53. The molecule has 1 aromatic rings. The lowest BCUT2D eigenvalue weighted by atomic mass is 9.95. The van der Waals surface area contributed by atoms with Crippen LogP contribution in [0.3, 0.4) is 0 Å². The van der Waals surface area contributed by atoms with Crippen LogP contribution in [-0.2, 0) is 0 Å². The monoisotopic (exact) mass is 356 g/mol. The predicted octanol–water partition coefficient (Wildman–Crippen LogP) is 4.92. The minimum atomic E-state index is -1.04. The number of rotatable bonds is 3. The first-order chi connectivity index (χ1) is 7.82. The summed E-state index contributed by atoms with van der Waals surface area (Å²) in [6, 6.07) is 0. The highest BCUT2D eigenvalue weighted by atomic mass is 127. The average molecular weight is 356 g/mol. The van der Waals surface area contributed by atoms with Gasteiger partial charge in [0.1, 0.15) is 5.82 Å². The van der Waals surface area contributed by atoms with Crippen LogP contribution in [0.1, 0.15) is 50.7 Å². The molecule has 0 unspecified atom stereocenters. The van der Waals surface area contributed by atoms with E-state index in [1.54, 1.807) is 27.7 Å². The van der Waals surface area contributed by atoms with Crippen molar-refractivity contribution in [2.24, 2.45) is 0 Å². The summed E-state index contributed by atoms with van der Waals surface area (Å²) in [7, 11) is 0. The summed E-state index contributed by atoms with van der Waals surface area (Å²) >= 11 is -0.871. The summed E-state index contributed by atoms with van der Waals surface area (Å²) in [5, 5.41) is 0. The summed E-state index contributed by atoms with van der Waals surface area (Å²) < 4.78 is 46.0. The van der Waals surface area contributed by atoms with E-state index in [2.05, 4.69) is 4.51 Å². The van der Waals surface area contributed by atoms with E-state index in [4.69, 9.17) is 0 Å². The van der Waals surface area contributed by atoms with E-state index in [1.165, 1.54) is 0 Å². The van der Waals surface area contributed by atoms with Crippen LogP contribution in [0, 0.1) is 21.0 Å². The lowest BCUT2D eigenvalue weighted by molar-refractivity contribution is 0.456. The molecule has 0 amide bonds. The quantitative estimate of drug-likeness (QED) is 0.533. The molecule has 0 fully saturated rings. The van der Waals surface area contributed by atoms with Gasteiger partial charge in [-0.15, -0.1) is 0 Å². The SMILES string of the molecule is C=Ic1c(F)c(C(C)C)c(F)c(F)c1C(C)C. The molecule has 0 aromatic heterocycles. The molecule has 1 rings (SSSR count). The molecule has 0 spiro atoms. The largest absolute Gasteiger partial charge is 0.205 e. The highest BCUT2D eigenvalue weighted by molar-refractivity contribution is 14.2. The Hall–Kier alpha value is -0.390. The Bertz CT molecular complexity index is 451. The maximum Gasteiger partial charge on any atom is 0.165 e. The molecule has 0 N–H and O–H groups in total. The number of hydrogen-bond acceptors (Lipinski definition) is 0. The summed E-state index contributed by atoms with van der Waals surface area (Å²) in [6.45, 7) is 6.77. The number of hydrogen-bond donors (Lipinski definition) is 0. The Morgan fingerprint density at radius 2 is 1.24 bits per heavy atom. The zero-order chi connectivity index (χ0) is 13.3. The third-order valence-corrected chi connectivity index (χ3v) is 4.44. The van der Waals surface area contributed by atoms with Crippen LogP contribution in [0.15, 0.2) is 0 Å². The highest BCUT2D eigenvalue weighted by Gasteiger charge is 2.26. The van der Waals surface area contributed by atoms with Crippen molar-refractivity contribution in [3.05, 3.63) is 32.1 Å². The highest BCUT2D eigenvalue weighted by Crippen LogP contribution is 2.35. The van der Waals surface area contributed by atoms with Gasteiger partial charge in [0.2, 0.25) is 0 Å². The molecule has 1 aromatic carbocycles. The van der Waals surface area contributed by atoms with Gasteiger partial charge in [-0.2, -0.15) is 0 Å². The Balaban J connectivity index is 3.74. The van der Waals surface area contributed by atoms with Crippen molar-refractivity contribution < 1.29 is 13.2 Å².